The third-order valence-corrected chi connectivity index (χ3v) is 5.04. The number of nitrogens with one attached hydrogen (secondary N) is 1. The fourth-order valence-corrected chi connectivity index (χ4v) is 3.58. The normalized spacial score (nSPS) is 16.2. The zero-order chi connectivity index (χ0) is 14.0. The predicted octanol–water partition coefficient (Wildman–Crippen LogP) is 1.35. The first-order valence-electron chi connectivity index (χ1n) is 4.37. The summed E-state index contributed by atoms with van der Waals surface area (Å²) in [6.07, 6.45) is -5.20. The van der Waals surface area contributed by atoms with Gasteiger partial charge in [-0.3, -0.25) is 0 Å². The van der Waals surface area contributed by atoms with Crippen LogP contribution in [0, 0.1) is 0 Å². The van der Waals surface area contributed by atoms with Crippen molar-refractivity contribution in [1.82, 2.24) is 4.72 Å². The van der Waals surface area contributed by atoms with Crippen molar-refractivity contribution in [1.29, 1.82) is 0 Å². The summed E-state index contributed by atoms with van der Waals surface area (Å²) in [6, 6.07) is 6.48. The van der Waals surface area contributed by atoms with Crippen LogP contribution in [-0.4, -0.2) is 23.5 Å². The number of hydrogen-bond acceptors (Lipinski definition) is 3. The molecule has 0 radical (unpaired) electrons. The minimum Gasteiger partial charge on any atom is -0.305 e. The Morgan fingerprint density at radius 1 is 1.22 bits per heavy atom. The van der Waals surface area contributed by atoms with Crippen LogP contribution in [0.2, 0.25) is 0 Å². The molecule has 0 saturated carbocycles. The molecular formula is C8H8F3NO4S2. The standard InChI is InChI=1S/C8H8F3NO4S2/c9-8(10,11)12-18(15,16)7(17(13)14)6-4-2-1-3-5-6/h1-5,7,12H,(H,13,14). The van der Waals surface area contributed by atoms with Gasteiger partial charge in [0.15, 0.2) is 11.1 Å². The Morgan fingerprint density at radius 3 is 2.11 bits per heavy atom. The van der Waals surface area contributed by atoms with Crippen LogP contribution in [0.4, 0.5) is 13.2 Å². The van der Waals surface area contributed by atoms with Gasteiger partial charge in [0.05, 0.1) is 0 Å². The fourth-order valence-electron chi connectivity index (χ4n) is 1.23. The zero-order valence-corrected chi connectivity index (χ0v) is 10.2. The molecule has 0 heterocycles. The molecule has 0 aliphatic carbocycles. The van der Waals surface area contributed by atoms with Crippen LogP contribution in [-0.2, 0) is 21.1 Å². The van der Waals surface area contributed by atoms with Gasteiger partial charge in [0.1, 0.15) is 0 Å². The van der Waals surface area contributed by atoms with E-state index in [1.807, 2.05) is 0 Å². The lowest BCUT2D eigenvalue weighted by molar-refractivity contribution is -0.138. The van der Waals surface area contributed by atoms with Crippen LogP contribution in [0.5, 0.6) is 0 Å². The molecule has 2 atom stereocenters. The van der Waals surface area contributed by atoms with Gasteiger partial charge in [-0.25, -0.2) is 12.6 Å². The highest BCUT2D eigenvalue weighted by Crippen LogP contribution is 2.26. The summed E-state index contributed by atoms with van der Waals surface area (Å²) in [6.45, 7) is 0. The van der Waals surface area contributed by atoms with E-state index < -0.39 is 32.0 Å². The number of rotatable bonds is 4. The smallest absolute Gasteiger partial charge is 0.305 e. The first-order chi connectivity index (χ1) is 8.13. The molecule has 0 aliphatic rings. The van der Waals surface area contributed by atoms with E-state index >= 15 is 0 Å². The third kappa shape index (κ3) is 4.05. The molecule has 0 spiro atoms. The van der Waals surface area contributed by atoms with Crippen molar-refractivity contribution >= 4 is 21.1 Å². The monoisotopic (exact) mass is 303 g/mol. The van der Waals surface area contributed by atoms with Crippen molar-refractivity contribution in [2.24, 2.45) is 0 Å². The average Bonchev–Trinajstić information content (AvgIpc) is 2.13. The summed E-state index contributed by atoms with van der Waals surface area (Å²) in [7, 11) is -5.06. The van der Waals surface area contributed by atoms with E-state index in [9.17, 15) is 25.8 Å². The maximum Gasteiger partial charge on any atom is 0.470 e. The minimum atomic E-state index is -5.20. The largest absolute Gasteiger partial charge is 0.470 e. The molecule has 10 heteroatoms. The topological polar surface area (TPSA) is 83.5 Å². The Morgan fingerprint density at radius 2 is 1.72 bits per heavy atom. The molecule has 0 fully saturated rings. The highest BCUT2D eigenvalue weighted by molar-refractivity contribution is 8.02. The second-order valence-electron chi connectivity index (χ2n) is 3.16. The Labute approximate surface area is 103 Å². The van der Waals surface area contributed by atoms with Crippen LogP contribution in [0.3, 0.4) is 0 Å². The summed E-state index contributed by atoms with van der Waals surface area (Å²) in [5, 5.41) is 0. The van der Waals surface area contributed by atoms with Gasteiger partial charge in [0, 0.05) is 0 Å². The molecule has 1 aromatic rings. The van der Waals surface area contributed by atoms with Gasteiger partial charge in [-0.15, -0.1) is 4.72 Å². The molecule has 0 amide bonds. The van der Waals surface area contributed by atoms with Gasteiger partial charge >= 0.3 is 6.30 Å². The van der Waals surface area contributed by atoms with Crippen molar-refractivity contribution < 1.29 is 30.4 Å². The lowest BCUT2D eigenvalue weighted by Crippen LogP contribution is -2.41. The Hall–Kier alpha value is -0.970. The van der Waals surface area contributed by atoms with Crippen LogP contribution in [0.1, 0.15) is 10.1 Å². The number of benzene rings is 1. The van der Waals surface area contributed by atoms with Crippen LogP contribution >= 0.6 is 0 Å². The van der Waals surface area contributed by atoms with Gasteiger partial charge in [-0.2, -0.15) is 13.2 Å². The van der Waals surface area contributed by atoms with E-state index in [-0.39, 0.29) is 5.56 Å². The maximum atomic E-state index is 12.0. The van der Waals surface area contributed by atoms with Crippen molar-refractivity contribution in [3.8, 4) is 0 Å². The molecule has 0 aromatic heterocycles. The maximum absolute atomic E-state index is 12.0. The molecular weight excluding hydrogens is 295 g/mol. The van der Waals surface area contributed by atoms with Gasteiger partial charge in [-0.1, -0.05) is 30.3 Å². The van der Waals surface area contributed by atoms with Crippen molar-refractivity contribution in [3.05, 3.63) is 35.9 Å². The molecule has 0 aliphatic heterocycles. The molecule has 0 saturated heterocycles. The minimum absolute atomic E-state index is 0.213. The van der Waals surface area contributed by atoms with Crippen molar-refractivity contribution in [3.63, 3.8) is 0 Å². The third-order valence-electron chi connectivity index (χ3n) is 1.79. The predicted molar refractivity (Wildman–Crippen MR) is 58.1 cm³/mol. The van der Waals surface area contributed by atoms with Crippen LogP contribution in [0.25, 0.3) is 0 Å². The number of halogens is 3. The first-order valence-corrected chi connectivity index (χ1v) is 7.09. The first kappa shape index (κ1) is 15.1. The van der Waals surface area contributed by atoms with Gasteiger partial charge in [0.2, 0.25) is 14.6 Å². The Balaban J connectivity index is 3.19. The van der Waals surface area contributed by atoms with Crippen LogP contribution < -0.4 is 4.72 Å². The number of alkyl halides is 3. The molecule has 2 unspecified atom stereocenters. The summed E-state index contributed by atoms with van der Waals surface area (Å²) >= 11 is -3.01. The lowest BCUT2D eigenvalue weighted by Gasteiger charge is -2.16. The molecule has 1 aromatic carbocycles. The molecule has 0 bridgehead atoms. The average molecular weight is 303 g/mol. The van der Waals surface area contributed by atoms with Gasteiger partial charge in [-0.05, 0) is 5.56 Å². The number of sulfonamides is 1. The molecule has 2 N–H and O–H groups in total. The molecule has 1 rings (SSSR count). The van der Waals surface area contributed by atoms with Crippen LogP contribution in [0.15, 0.2) is 30.3 Å². The quantitative estimate of drug-likeness (QED) is 0.649. The molecule has 102 valence electrons. The lowest BCUT2D eigenvalue weighted by atomic mass is 10.2. The van der Waals surface area contributed by atoms with Gasteiger partial charge < -0.3 is 4.55 Å². The van der Waals surface area contributed by atoms with Gasteiger partial charge in [0.25, 0.3) is 0 Å². The molecule has 5 nitrogen and oxygen atoms in total. The highest BCUT2D eigenvalue weighted by Gasteiger charge is 2.41. The second-order valence-corrected chi connectivity index (χ2v) is 6.25. The summed E-state index contributed by atoms with van der Waals surface area (Å²) in [5.74, 6) is 0. The van der Waals surface area contributed by atoms with Crippen molar-refractivity contribution in [2.75, 3.05) is 0 Å². The van der Waals surface area contributed by atoms with Crippen molar-refractivity contribution in [2.45, 2.75) is 10.9 Å². The Bertz CT molecular complexity index is 529. The Kier molecular flexibility index (Phi) is 4.48. The fraction of sp³-hybridized carbons (Fsp3) is 0.250. The summed E-state index contributed by atoms with van der Waals surface area (Å²) < 4.78 is 76.9. The SMILES string of the molecule is O=S(O)C(c1ccccc1)S(=O)(=O)NC(F)(F)F. The van der Waals surface area contributed by atoms with E-state index in [0.717, 1.165) is 12.1 Å². The summed E-state index contributed by atoms with van der Waals surface area (Å²) in [5.41, 5.74) is -0.213. The second kappa shape index (κ2) is 5.34. The molecule has 18 heavy (non-hydrogen) atoms. The van der Waals surface area contributed by atoms with E-state index in [1.54, 1.807) is 0 Å². The summed E-state index contributed by atoms with van der Waals surface area (Å²) in [4.78, 5) is 0. The highest BCUT2D eigenvalue weighted by atomic mass is 32.3. The van der Waals surface area contributed by atoms with E-state index in [4.69, 9.17) is 4.55 Å². The van der Waals surface area contributed by atoms with E-state index in [1.165, 1.54) is 18.2 Å². The zero-order valence-electron chi connectivity index (χ0n) is 8.59. The number of hydrogen-bond donors (Lipinski definition) is 2. The van der Waals surface area contributed by atoms with E-state index in [2.05, 4.69) is 0 Å². The van der Waals surface area contributed by atoms with E-state index in [0.29, 0.717) is 4.72 Å².